The molecule has 112 valence electrons. The summed E-state index contributed by atoms with van der Waals surface area (Å²) in [5, 5.41) is 10.9. The molecule has 0 aromatic rings. The van der Waals surface area contributed by atoms with Gasteiger partial charge < -0.3 is 5.11 Å². The lowest BCUT2D eigenvalue weighted by molar-refractivity contribution is -0.107. The van der Waals surface area contributed by atoms with Crippen LogP contribution in [0, 0.1) is 29.1 Å². The predicted octanol–water partition coefficient (Wildman–Crippen LogP) is 4.70. The molecule has 1 N–H and O–H groups in total. The zero-order valence-electron chi connectivity index (χ0n) is 13.2. The smallest absolute Gasteiger partial charge is 0.0675 e. The van der Waals surface area contributed by atoms with E-state index in [1.807, 2.05) is 5.57 Å². The van der Waals surface area contributed by atoms with E-state index < -0.39 is 5.60 Å². The molecule has 0 unspecified atom stereocenters. The second kappa shape index (κ2) is 4.35. The first-order valence-electron chi connectivity index (χ1n) is 8.94. The Morgan fingerprint density at radius 2 is 1.90 bits per heavy atom. The minimum Gasteiger partial charge on any atom is -0.390 e. The lowest BCUT2D eigenvalue weighted by Crippen LogP contribution is -2.51. The maximum atomic E-state index is 10.9. The van der Waals surface area contributed by atoms with Crippen molar-refractivity contribution in [2.24, 2.45) is 29.1 Å². The number of rotatable bonds is 0. The second-order valence-corrected chi connectivity index (χ2v) is 8.56. The summed E-state index contributed by atoms with van der Waals surface area (Å²) in [6.07, 6.45) is 14.5. The lowest BCUT2D eigenvalue weighted by Gasteiger charge is -2.55. The Balaban J connectivity index is 1.65. The number of fused-ring (bicyclic) bond motifs is 5. The van der Waals surface area contributed by atoms with Crippen molar-refractivity contribution in [3.8, 4) is 0 Å². The average molecular weight is 274 g/mol. The Morgan fingerprint density at radius 3 is 2.75 bits per heavy atom. The van der Waals surface area contributed by atoms with Crippen molar-refractivity contribution in [2.75, 3.05) is 0 Å². The van der Waals surface area contributed by atoms with Crippen molar-refractivity contribution >= 4 is 0 Å². The monoisotopic (exact) mass is 274 g/mol. The fraction of sp³-hybridized carbons (Fsp3) is 0.895. The van der Waals surface area contributed by atoms with E-state index in [1.165, 1.54) is 51.4 Å². The van der Waals surface area contributed by atoms with E-state index >= 15 is 0 Å². The Kier molecular flexibility index (Phi) is 2.91. The van der Waals surface area contributed by atoms with Crippen LogP contribution < -0.4 is 0 Å². The van der Waals surface area contributed by atoms with Crippen LogP contribution in [0.2, 0.25) is 0 Å². The van der Waals surface area contributed by atoms with Crippen LogP contribution in [0.4, 0.5) is 0 Å². The third-order valence-corrected chi connectivity index (χ3v) is 7.94. The molecule has 0 aromatic carbocycles. The molecule has 0 amide bonds. The molecule has 1 heteroatoms. The summed E-state index contributed by atoms with van der Waals surface area (Å²) in [5.41, 5.74) is 1.60. The van der Waals surface area contributed by atoms with Gasteiger partial charge in [0.25, 0.3) is 0 Å². The van der Waals surface area contributed by atoms with Gasteiger partial charge in [-0.1, -0.05) is 18.6 Å². The topological polar surface area (TPSA) is 20.2 Å². The Labute approximate surface area is 123 Å². The van der Waals surface area contributed by atoms with E-state index in [0.29, 0.717) is 0 Å². The van der Waals surface area contributed by atoms with Crippen molar-refractivity contribution in [3.05, 3.63) is 11.6 Å². The van der Waals surface area contributed by atoms with E-state index in [2.05, 4.69) is 19.9 Å². The molecule has 0 saturated heterocycles. The van der Waals surface area contributed by atoms with Gasteiger partial charge in [0, 0.05) is 0 Å². The molecule has 0 aromatic heterocycles. The molecule has 20 heavy (non-hydrogen) atoms. The maximum Gasteiger partial charge on any atom is 0.0675 e. The van der Waals surface area contributed by atoms with Gasteiger partial charge in [0.05, 0.1) is 5.60 Å². The molecular weight excluding hydrogens is 244 g/mol. The summed E-state index contributed by atoms with van der Waals surface area (Å²) in [7, 11) is 0. The SMILES string of the molecule is C[C@]1(O)CC[C@H]2[C@@H]3CCC4=CCCC[C@@H]4[C@H]3CC[C@@]21C. The summed E-state index contributed by atoms with van der Waals surface area (Å²) in [6, 6.07) is 0. The van der Waals surface area contributed by atoms with Crippen LogP contribution in [-0.4, -0.2) is 10.7 Å². The number of allylic oxidation sites excluding steroid dienone is 2. The quantitative estimate of drug-likeness (QED) is 0.635. The van der Waals surface area contributed by atoms with Gasteiger partial charge in [-0.15, -0.1) is 0 Å². The summed E-state index contributed by atoms with van der Waals surface area (Å²) in [6.45, 7) is 4.51. The normalized spacial score (nSPS) is 54.6. The van der Waals surface area contributed by atoms with E-state index in [1.54, 1.807) is 0 Å². The van der Waals surface area contributed by atoms with Gasteiger partial charge in [-0.25, -0.2) is 0 Å². The van der Waals surface area contributed by atoms with Crippen LogP contribution >= 0.6 is 0 Å². The van der Waals surface area contributed by atoms with Crippen molar-refractivity contribution in [1.29, 1.82) is 0 Å². The lowest BCUT2D eigenvalue weighted by atomic mass is 9.51. The van der Waals surface area contributed by atoms with Crippen LogP contribution in [0.15, 0.2) is 11.6 Å². The number of hydrogen-bond donors (Lipinski definition) is 1. The van der Waals surface area contributed by atoms with Gasteiger partial charge in [0.2, 0.25) is 0 Å². The van der Waals surface area contributed by atoms with Crippen LogP contribution in [0.25, 0.3) is 0 Å². The van der Waals surface area contributed by atoms with E-state index in [0.717, 1.165) is 30.1 Å². The predicted molar refractivity (Wildman–Crippen MR) is 82.3 cm³/mol. The third kappa shape index (κ3) is 1.65. The molecular formula is C19H30O. The first-order chi connectivity index (χ1) is 9.53. The highest BCUT2D eigenvalue weighted by Crippen LogP contribution is 2.64. The van der Waals surface area contributed by atoms with Crippen molar-refractivity contribution in [1.82, 2.24) is 0 Å². The van der Waals surface area contributed by atoms with E-state index in [4.69, 9.17) is 0 Å². The van der Waals surface area contributed by atoms with Crippen LogP contribution in [0.3, 0.4) is 0 Å². The van der Waals surface area contributed by atoms with Crippen molar-refractivity contribution < 1.29 is 5.11 Å². The zero-order valence-corrected chi connectivity index (χ0v) is 13.2. The first-order valence-corrected chi connectivity index (χ1v) is 8.94. The van der Waals surface area contributed by atoms with Crippen LogP contribution in [0.1, 0.15) is 71.6 Å². The molecule has 6 atom stereocenters. The maximum absolute atomic E-state index is 10.9. The third-order valence-electron chi connectivity index (χ3n) is 7.94. The largest absolute Gasteiger partial charge is 0.390 e. The highest BCUT2D eigenvalue weighted by atomic mass is 16.3. The van der Waals surface area contributed by atoms with Crippen molar-refractivity contribution in [3.63, 3.8) is 0 Å². The summed E-state index contributed by atoms with van der Waals surface area (Å²) in [5.74, 6) is 3.56. The molecule has 3 saturated carbocycles. The Hall–Kier alpha value is -0.300. The summed E-state index contributed by atoms with van der Waals surface area (Å²) < 4.78 is 0. The van der Waals surface area contributed by atoms with Crippen LogP contribution in [-0.2, 0) is 0 Å². The highest BCUT2D eigenvalue weighted by molar-refractivity contribution is 5.19. The Morgan fingerprint density at radius 1 is 1.05 bits per heavy atom. The molecule has 0 radical (unpaired) electrons. The minimum atomic E-state index is -0.411. The molecule has 0 bridgehead atoms. The number of aliphatic hydroxyl groups is 1. The molecule has 0 aliphatic heterocycles. The van der Waals surface area contributed by atoms with Gasteiger partial charge in [-0.2, -0.15) is 0 Å². The summed E-state index contributed by atoms with van der Waals surface area (Å²) in [4.78, 5) is 0. The van der Waals surface area contributed by atoms with Gasteiger partial charge in [-0.05, 0) is 93.8 Å². The van der Waals surface area contributed by atoms with Crippen molar-refractivity contribution in [2.45, 2.75) is 77.2 Å². The van der Waals surface area contributed by atoms with Gasteiger partial charge in [-0.3, -0.25) is 0 Å². The second-order valence-electron chi connectivity index (χ2n) is 8.56. The highest BCUT2D eigenvalue weighted by Gasteiger charge is 2.60. The van der Waals surface area contributed by atoms with Gasteiger partial charge >= 0.3 is 0 Å². The zero-order chi connectivity index (χ0) is 14.0. The van der Waals surface area contributed by atoms with Crippen LogP contribution in [0.5, 0.6) is 0 Å². The first kappa shape index (κ1) is 13.4. The molecule has 1 nitrogen and oxygen atoms in total. The number of hydrogen-bond acceptors (Lipinski definition) is 1. The van der Waals surface area contributed by atoms with Gasteiger partial charge in [0.1, 0.15) is 0 Å². The molecule has 4 rings (SSSR count). The van der Waals surface area contributed by atoms with E-state index in [9.17, 15) is 5.11 Å². The van der Waals surface area contributed by atoms with E-state index in [-0.39, 0.29) is 5.41 Å². The Bertz CT molecular complexity index is 435. The fourth-order valence-corrected chi connectivity index (χ4v) is 6.55. The molecule has 3 fully saturated rings. The van der Waals surface area contributed by atoms with Gasteiger partial charge in [0.15, 0.2) is 0 Å². The standard InChI is InChI=1S/C19H30O/c1-18-11-9-15-14-6-4-3-5-13(14)7-8-16(15)17(18)10-12-19(18,2)20/h5,14-17,20H,3-4,6-12H2,1-2H3/t14-,15+,16+,17-,18-,19-/m0/s1. The molecule has 4 aliphatic carbocycles. The average Bonchev–Trinajstić information content (AvgIpc) is 2.69. The molecule has 4 aliphatic rings. The summed E-state index contributed by atoms with van der Waals surface area (Å²) >= 11 is 0. The minimum absolute atomic E-state index is 0.198. The molecule has 0 spiro atoms. The fourth-order valence-electron chi connectivity index (χ4n) is 6.55. The molecule has 0 heterocycles.